The fourth-order valence-electron chi connectivity index (χ4n) is 3.75. The van der Waals surface area contributed by atoms with Crippen molar-refractivity contribution in [1.29, 1.82) is 0 Å². The molecule has 4 rings (SSSR count). The van der Waals surface area contributed by atoms with Gasteiger partial charge in [-0.15, -0.1) is 0 Å². The van der Waals surface area contributed by atoms with Crippen molar-refractivity contribution < 1.29 is 19.1 Å². The van der Waals surface area contributed by atoms with Crippen LogP contribution in [-0.4, -0.2) is 39.1 Å². The van der Waals surface area contributed by atoms with Gasteiger partial charge in [-0.25, -0.2) is 0 Å². The van der Waals surface area contributed by atoms with E-state index in [0.29, 0.717) is 29.4 Å². The molecule has 180 valence electrons. The van der Waals surface area contributed by atoms with E-state index in [9.17, 15) is 9.59 Å². The number of amides is 2. The lowest BCUT2D eigenvalue weighted by molar-refractivity contribution is -0.122. The zero-order valence-electron chi connectivity index (χ0n) is 19.4. The first kappa shape index (κ1) is 24.9. The van der Waals surface area contributed by atoms with Crippen molar-refractivity contribution in [1.82, 2.24) is 5.32 Å². The summed E-state index contributed by atoms with van der Waals surface area (Å²) in [5.74, 6) is 0.896. The summed E-state index contributed by atoms with van der Waals surface area (Å²) in [5, 5.41) is 2.93. The van der Waals surface area contributed by atoms with E-state index < -0.39 is 0 Å². The normalized spacial score (nSPS) is 14.0. The van der Waals surface area contributed by atoms with Gasteiger partial charge in [0, 0.05) is 15.9 Å². The monoisotopic (exact) mass is 552 g/mol. The first-order valence-corrected chi connectivity index (χ1v) is 12.6. The van der Waals surface area contributed by atoms with Crippen molar-refractivity contribution >= 4 is 51.3 Å². The molecular weight excluding hydrogens is 528 g/mol. The highest BCUT2D eigenvalue weighted by Crippen LogP contribution is 2.42. The van der Waals surface area contributed by atoms with Crippen molar-refractivity contribution in [2.75, 3.05) is 32.2 Å². The number of nitrogens with zero attached hydrogens (tertiary/aromatic N) is 1. The molecule has 0 aliphatic carbocycles. The molecule has 6 nitrogen and oxygen atoms in total. The molecule has 35 heavy (non-hydrogen) atoms. The van der Waals surface area contributed by atoms with Gasteiger partial charge in [0.1, 0.15) is 6.54 Å². The number of ether oxygens (including phenoxy) is 2. The van der Waals surface area contributed by atoms with Crippen LogP contribution in [-0.2, 0) is 16.0 Å². The summed E-state index contributed by atoms with van der Waals surface area (Å²) < 4.78 is 11.5. The van der Waals surface area contributed by atoms with Gasteiger partial charge in [0.05, 0.1) is 24.8 Å². The number of carbonyl (C=O) groups is 2. The number of anilines is 1. The number of hydrogen-bond acceptors (Lipinski definition) is 5. The van der Waals surface area contributed by atoms with Crippen LogP contribution in [0.4, 0.5) is 5.69 Å². The van der Waals surface area contributed by atoms with Crippen LogP contribution >= 0.6 is 27.7 Å². The van der Waals surface area contributed by atoms with E-state index in [0.717, 1.165) is 26.2 Å². The minimum absolute atomic E-state index is 0.0574. The molecule has 3 aromatic carbocycles. The van der Waals surface area contributed by atoms with E-state index in [1.165, 1.54) is 11.8 Å². The molecule has 1 aliphatic rings. The molecule has 0 spiro atoms. The summed E-state index contributed by atoms with van der Waals surface area (Å²) in [7, 11) is 3.18. The second kappa shape index (κ2) is 11.5. The summed E-state index contributed by atoms with van der Waals surface area (Å²) in [6.45, 7) is 0.381. The number of fused-ring (bicyclic) bond motifs is 1. The van der Waals surface area contributed by atoms with Gasteiger partial charge >= 0.3 is 0 Å². The van der Waals surface area contributed by atoms with Crippen molar-refractivity contribution in [3.05, 3.63) is 87.2 Å². The molecule has 0 atom stereocenters. The first-order chi connectivity index (χ1) is 17.0. The van der Waals surface area contributed by atoms with E-state index in [-0.39, 0.29) is 18.4 Å². The summed E-state index contributed by atoms with van der Waals surface area (Å²) in [6.07, 6.45) is 2.48. The van der Waals surface area contributed by atoms with E-state index in [1.807, 2.05) is 72.8 Å². The van der Waals surface area contributed by atoms with E-state index in [2.05, 4.69) is 21.2 Å². The SMILES string of the molecule is COc1ccc(CCNC(=O)CN2C(=O)/C(=C\c3cccc(Br)c3)Sc3ccccc32)cc1OC. The lowest BCUT2D eigenvalue weighted by atomic mass is 10.1. The van der Waals surface area contributed by atoms with Gasteiger partial charge < -0.3 is 14.8 Å². The fourth-order valence-corrected chi connectivity index (χ4v) is 5.22. The van der Waals surface area contributed by atoms with Crippen LogP contribution in [0.5, 0.6) is 11.5 Å². The third-order valence-corrected chi connectivity index (χ3v) is 7.03. The molecule has 0 aromatic heterocycles. The quantitative estimate of drug-likeness (QED) is 0.384. The highest BCUT2D eigenvalue weighted by Gasteiger charge is 2.30. The summed E-state index contributed by atoms with van der Waals surface area (Å²) in [5.41, 5.74) is 2.66. The average molecular weight is 553 g/mol. The number of benzene rings is 3. The molecule has 1 N–H and O–H groups in total. The second-order valence-corrected chi connectivity index (χ2v) is 9.81. The maximum absolute atomic E-state index is 13.4. The molecule has 2 amide bonds. The molecule has 0 unspecified atom stereocenters. The number of nitrogens with one attached hydrogen (secondary N) is 1. The van der Waals surface area contributed by atoms with E-state index in [4.69, 9.17) is 9.47 Å². The Labute approximate surface area is 217 Å². The van der Waals surface area contributed by atoms with E-state index in [1.54, 1.807) is 19.1 Å². The summed E-state index contributed by atoms with van der Waals surface area (Å²) in [6, 6.07) is 21.1. The molecule has 0 bridgehead atoms. The molecular formula is C27H25BrN2O4S. The summed E-state index contributed by atoms with van der Waals surface area (Å²) >= 11 is 4.89. The third-order valence-electron chi connectivity index (χ3n) is 5.46. The Morgan fingerprint density at radius 3 is 2.60 bits per heavy atom. The van der Waals surface area contributed by atoms with Crippen molar-refractivity contribution in [2.24, 2.45) is 0 Å². The Balaban J connectivity index is 1.45. The number of carbonyl (C=O) groups excluding carboxylic acids is 2. The third kappa shape index (κ3) is 6.07. The van der Waals surface area contributed by atoms with Crippen LogP contribution in [0.1, 0.15) is 11.1 Å². The van der Waals surface area contributed by atoms with Gasteiger partial charge in [0.2, 0.25) is 5.91 Å². The van der Waals surface area contributed by atoms with Gasteiger partial charge in [0.25, 0.3) is 5.91 Å². The highest BCUT2D eigenvalue weighted by atomic mass is 79.9. The molecule has 0 saturated carbocycles. The zero-order chi connectivity index (χ0) is 24.8. The second-order valence-electron chi connectivity index (χ2n) is 7.81. The molecule has 0 saturated heterocycles. The minimum Gasteiger partial charge on any atom is -0.493 e. The number of para-hydroxylation sites is 1. The number of rotatable bonds is 8. The van der Waals surface area contributed by atoms with Crippen LogP contribution in [0.2, 0.25) is 0 Å². The Kier molecular flexibility index (Phi) is 8.15. The first-order valence-electron chi connectivity index (χ1n) is 11.0. The molecule has 8 heteroatoms. The fraction of sp³-hybridized carbons (Fsp3) is 0.185. The van der Waals surface area contributed by atoms with Gasteiger partial charge in [-0.2, -0.15) is 0 Å². The minimum atomic E-state index is -0.220. The topological polar surface area (TPSA) is 67.9 Å². The van der Waals surface area contributed by atoms with Gasteiger partial charge in [0.15, 0.2) is 11.5 Å². The Bertz CT molecular complexity index is 1280. The number of halogens is 1. The van der Waals surface area contributed by atoms with Crippen molar-refractivity contribution in [3.63, 3.8) is 0 Å². The van der Waals surface area contributed by atoms with Gasteiger partial charge in [-0.05, 0) is 60.0 Å². The lowest BCUT2D eigenvalue weighted by Gasteiger charge is -2.29. The number of methoxy groups -OCH3 is 2. The van der Waals surface area contributed by atoms with E-state index >= 15 is 0 Å². The Morgan fingerprint density at radius 2 is 1.83 bits per heavy atom. The Morgan fingerprint density at radius 1 is 1.03 bits per heavy atom. The highest BCUT2D eigenvalue weighted by molar-refractivity contribution is 9.10. The summed E-state index contributed by atoms with van der Waals surface area (Å²) in [4.78, 5) is 29.2. The van der Waals surface area contributed by atoms with Crippen molar-refractivity contribution in [3.8, 4) is 11.5 Å². The van der Waals surface area contributed by atoms with Crippen LogP contribution in [0.15, 0.2) is 81.0 Å². The van der Waals surface area contributed by atoms with Gasteiger partial charge in [-0.3, -0.25) is 14.5 Å². The average Bonchev–Trinajstić information content (AvgIpc) is 2.86. The van der Waals surface area contributed by atoms with Crippen LogP contribution in [0.25, 0.3) is 6.08 Å². The molecule has 3 aromatic rings. The molecule has 1 aliphatic heterocycles. The zero-order valence-corrected chi connectivity index (χ0v) is 21.8. The smallest absolute Gasteiger partial charge is 0.265 e. The van der Waals surface area contributed by atoms with Crippen LogP contribution in [0.3, 0.4) is 0 Å². The Hall–Kier alpha value is -3.23. The molecule has 0 radical (unpaired) electrons. The molecule has 1 heterocycles. The number of hydrogen-bond donors (Lipinski definition) is 1. The lowest BCUT2D eigenvalue weighted by Crippen LogP contribution is -2.43. The predicted molar refractivity (Wildman–Crippen MR) is 143 cm³/mol. The largest absolute Gasteiger partial charge is 0.493 e. The van der Waals surface area contributed by atoms with Gasteiger partial charge in [-0.1, -0.05) is 58.0 Å². The maximum atomic E-state index is 13.4. The van der Waals surface area contributed by atoms with Crippen LogP contribution < -0.4 is 19.7 Å². The standard InChI is InChI=1S/C27H25BrN2O4S/c1-33-22-11-10-18(15-23(22)34-2)12-13-29-26(31)17-30-21-8-3-4-9-24(21)35-25(27(30)32)16-19-6-5-7-20(28)14-19/h3-11,14-16H,12-13,17H2,1-2H3,(H,29,31)/b25-16+. The van der Waals surface area contributed by atoms with Crippen LogP contribution in [0, 0.1) is 0 Å². The van der Waals surface area contributed by atoms with Crippen molar-refractivity contribution in [2.45, 2.75) is 11.3 Å². The number of thioether (sulfide) groups is 1. The maximum Gasteiger partial charge on any atom is 0.265 e. The predicted octanol–water partition coefficient (Wildman–Crippen LogP) is 5.31. The molecule has 0 fully saturated rings.